The third-order valence-electron chi connectivity index (χ3n) is 5.53. The number of aromatic nitrogens is 2. The van der Waals surface area contributed by atoms with E-state index in [9.17, 15) is 4.79 Å². The van der Waals surface area contributed by atoms with E-state index in [-0.39, 0.29) is 6.03 Å². The molecule has 0 spiro atoms. The first-order valence-electron chi connectivity index (χ1n) is 10.3. The highest BCUT2D eigenvalue weighted by molar-refractivity contribution is 5.89. The minimum Gasteiger partial charge on any atom is -0.497 e. The average Bonchev–Trinajstić information content (AvgIpc) is 2.80. The Morgan fingerprint density at radius 1 is 0.897 bits per heavy atom. The maximum Gasteiger partial charge on any atom is 0.321 e. The highest BCUT2D eigenvalue weighted by Gasteiger charge is 2.22. The predicted molar refractivity (Wildman–Crippen MR) is 114 cm³/mol. The van der Waals surface area contributed by atoms with Gasteiger partial charge in [-0.3, -0.25) is 0 Å². The van der Waals surface area contributed by atoms with Gasteiger partial charge >= 0.3 is 6.03 Å². The van der Waals surface area contributed by atoms with Crippen LogP contribution in [-0.4, -0.2) is 67.5 Å². The Morgan fingerprint density at radius 2 is 1.55 bits per heavy atom. The second-order valence-electron chi connectivity index (χ2n) is 7.43. The number of hydrogen-bond acceptors (Lipinski definition) is 6. The molecule has 0 atom stereocenters. The summed E-state index contributed by atoms with van der Waals surface area (Å²) < 4.78 is 5.20. The second-order valence-corrected chi connectivity index (χ2v) is 7.43. The number of nitrogens with one attached hydrogen (secondary N) is 1. The van der Waals surface area contributed by atoms with Crippen LogP contribution in [0.25, 0.3) is 0 Å². The fourth-order valence-electron chi connectivity index (χ4n) is 3.82. The van der Waals surface area contributed by atoms with Crippen molar-refractivity contribution in [2.45, 2.75) is 19.3 Å². The number of carbonyl (C=O) groups excluding carboxylic acids is 1. The number of urea groups is 1. The molecule has 8 nitrogen and oxygen atoms in total. The quantitative estimate of drug-likeness (QED) is 0.857. The van der Waals surface area contributed by atoms with Gasteiger partial charge in [-0.1, -0.05) is 6.07 Å². The van der Waals surface area contributed by atoms with Crippen LogP contribution in [0.2, 0.25) is 0 Å². The molecule has 1 N–H and O–H groups in total. The summed E-state index contributed by atoms with van der Waals surface area (Å²) in [4.78, 5) is 18.9. The van der Waals surface area contributed by atoms with Gasteiger partial charge in [0.25, 0.3) is 0 Å². The summed E-state index contributed by atoms with van der Waals surface area (Å²) in [5.41, 5.74) is 0.732. The van der Waals surface area contributed by atoms with Gasteiger partial charge in [0.1, 0.15) is 5.75 Å². The van der Waals surface area contributed by atoms with Gasteiger partial charge in [0.15, 0.2) is 11.6 Å². The number of nitrogens with zero attached hydrogens (tertiary/aromatic N) is 5. The number of carbonyl (C=O) groups is 1. The second kappa shape index (κ2) is 8.98. The summed E-state index contributed by atoms with van der Waals surface area (Å²) in [5, 5.41) is 11.8. The van der Waals surface area contributed by atoms with Crippen molar-refractivity contribution < 1.29 is 9.53 Å². The Morgan fingerprint density at radius 3 is 2.17 bits per heavy atom. The van der Waals surface area contributed by atoms with Gasteiger partial charge in [-0.25, -0.2) is 4.79 Å². The van der Waals surface area contributed by atoms with Gasteiger partial charge in [-0.05, 0) is 43.5 Å². The molecule has 2 aromatic rings. The number of piperazine rings is 1. The standard InChI is InChI=1S/C21H28N6O2/c1-29-18-7-5-6-17(16-18)22-21(28)27-14-12-26(13-15-27)20-9-8-19(23-24-20)25-10-3-2-4-11-25/h5-9,16H,2-4,10-15H2,1H3,(H,22,28). The van der Waals surface area contributed by atoms with Crippen LogP contribution in [0.4, 0.5) is 22.1 Å². The summed E-state index contributed by atoms with van der Waals surface area (Å²) in [7, 11) is 1.61. The van der Waals surface area contributed by atoms with Crippen molar-refractivity contribution in [1.82, 2.24) is 15.1 Å². The first-order chi connectivity index (χ1) is 14.2. The van der Waals surface area contributed by atoms with Crippen molar-refractivity contribution in [3.05, 3.63) is 36.4 Å². The van der Waals surface area contributed by atoms with E-state index in [4.69, 9.17) is 4.74 Å². The van der Waals surface area contributed by atoms with Crippen molar-refractivity contribution in [2.75, 3.05) is 61.5 Å². The summed E-state index contributed by atoms with van der Waals surface area (Å²) in [6, 6.07) is 11.4. The molecule has 2 aliphatic rings. The molecule has 0 unspecified atom stereocenters. The molecule has 1 aromatic carbocycles. The van der Waals surface area contributed by atoms with Crippen molar-refractivity contribution >= 4 is 23.4 Å². The molecule has 0 aliphatic carbocycles. The lowest BCUT2D eigenvalue weighted by Crippen LogP contribution is -2.50. The van der Waals surface area contributed by atoms with Gasteiger partial charge < -0.3 is 24.8 Å². The number of hydrogen-bond donors (Lipinski definition) is 1. The van der Waals surface area contributed by atoms with E-state index in [1.807, 2.05) is 35.2 Å². The molecule has 0 bridgehead atoms. The Bertz CT molecular complexity index is 814. The van der Waals surface area contributed by atoms with Crippen LogP contribution >= 0.6 is 0 Å². The summed E-state index contributed by atoms with van der Waals surface area (Å²) in [6.45, 7) is 4.90. The Hall–Kier alpha value is -3.03. The van der Waals surface area contributed by atoms with Crippen LogP contribution in [-0.2, 0) is 0 Å². The smallest absolute Gasteiger partial charge is 0.321 e. The number of benzene rings is 1. The van der Waals surface area contributed by atoms with Gasteiger partial charge in [-0.15, -0.1) is 10.2 Å². The summed E-state index contributed by atoms with van der Waals surface area (Å²) in [5.74, 6) is 2.56. The van der Waals surface area contributed by atoms with Gasteiger partial charge in [0.05, 0.1) is 7.11 Å². The first kappa shape index (κ1) is 19.3. The van der Waals surface area contributed by atoms with Crippen LogP contribution < -0.4 is 19.9 Å². The minimum absolute atomic E-state index is 0.0931. The van der Waals surface area contributed by atoms with Crippen LogP contribution in [0, 0.1) is 0 Å². The van der Waals surface area contributed by atoms with Gasteiger partial charge in [0.2, 0.25) is 0 Å². The van der Waals surface area contributed by atoms with E-state index in [0.29, 0.717) is 13.1 Å². The van der Waals surface area contributed by atoms with Crippen molar-refractivity contribution in [3.63, 3.8) is 0 Å². The highest BCUT2D eigenvalue weighted by atomic mass is 16.5. The maximum absolute atomic E-state index is 12.6. The monoisotopic (exact) mass is 396 g/mol. The number of piperidine rings is 1. The Balaban J connectivity index is 1.30. The predicted octanol–water partition coefficient (Wildman–Crippen LogP) is 2.83. The fourth-order valence-corrected chi connectivity index (χ4v) is 3.82. The molecule has 154 valence electrons. The molecule has 4 rings (SSSR count). The van der Waals surface area contributed by atoms with E-state index in [2.05, 4.69) is 31.4 Å². The maximum atomic E-state index is 12.6. The van der Waals surface area contributed by atoms with E-state index in [1.165, 1.54) is 19.3 Å². The molecule has 2 aliphatic heterocycles. The van der Waals surface area contributed by atoms with E-state index >= 15 is 0 Å². The van der Waals surface area contributed by atoms with Gasteiger partial charge in [0, 0.05) is 51.0 Å². The molecule has 2 saturated heterocycles. The lowest BCUT2D eigenvalue weighted by atomic mass is 10.1. The Kier molecular flexibility index (Phi) is 5.97. The largest absolute Gasteiger partial charge is 0.497 e. The lowest BCUT2D eigenvalue weighted by molar-refractivity contribution is 0.208. The molecule has 0 radical (unpaired) electrons. The third-order valence-corrected chi connectivity index (χ3v) is 5.53. The first-order valence-corrected chi connectivity index (χ1v) is 10.3. The Labute approximate surface area is 171 Å². The van der Waals surface area contributed by atoms with Crippen LogP contribution in [0.1, 0.15) is 19.3 Å². The molecule has 3 heterocycles. The zero-order valence-corrected chi connectivity index (χ0v) is 16.9. The molecule has 29 heavy (non-hydrogen) atoms. The zero-order chi connectivity index (χ0) is 20.1. The fraction of sp³-hybridized carbons (Fsp3) is 0.476. The van der Waals surface area contributed by atoms with Crippen LogP contribution in [0.15, 0.2) is 36.4 Å². The van der Waals surface area contributed by atoms with Crippen molar-refractivity contribution in [2.24, 2.45) is 0 Å². The van der Waals surface area contributed by atoms with Crippen molar-refractivity contribution in [1.29, 1.82) is 0 Å². The molecular formula is C21H28N6O2. The highest BCUT2D eigenvalue weighted by Crippen LogP contribution is 2.21. The topological polar surface area (TPSA) is 73.8 Å². The number of methoxy groups -OCH3 is 1. The number of ether oxygens (including phenoxy) is 1. The number of rotatable bonds is 4. The van der Waals surface area contributed by atoms with Crippen molar-refractivity contribution in [3.8, 4) is 5.75 Å². The summed E-state index contributed by atoms with van der Waals surface area (Å²) in [6.07, 6.45) is 3.75. The van der Waals surface area contributed by atoms with Gasteiger partial charge in [-0.2, -0.15) is 0 Å². The number of anilines is 3. The molecular weight excluding hydrogens is 368 g/mol. The van der Waals surface area contributed by atoms with E-state index < -0.39 is 0 Å². The molecule has 2 fully saturated rings. The number of amides is 2. The normalized spacial score (nSPS) is 17.2. The molecule has 2 amide bonds. The minimum atomic E-state index is -0.0931. The van der Waals surface area contributed by atoms with Crippen LogP contribution in [0.3, 0.4) is 0 Å². The van der Waals surface area contributed by atoms with E-state index in [0.717, 1.165) is 49.3 Å². The SMILES string of the molecule is COc1cccc(NC(=O)N2CCN(c3ccc(N4CCCCC4)nn3)CC2)c1. The molecule has 8 heteroatoms. The van der Waals surface area contributed by atoms with E-state index in [1.54, 1.807) is 7.11 Å². The third kappa shape index (κ3) is 4.70. The zero-order valence-electron chi connectivity index (χ0n) is 16.9. The average molecular weight is 396 g/mol. The lowest BCUT2D eigenvalue weighted by Gasteiger charge is -2.35. The van der Waals surface area contributed by atoms with Crippen LogP contribution in [0.5, 0.6) is 5.75 Å². The molecule has 1 aromatic heterocycles. The molecule has 0 saturated carbocycles. The summed E-state index contributed by atoms with van der Waals surface area (Å²) >= 11 is 0.